The van der Waals surface area contributed by atoms with Gasteiger partial charge in [-0.1, -0.05) is 18.2 Å². The minimum atomic E-state index is -0.937. The highest BCUT2D eigenvalue weighted by Crippen LogP contribution is 2.43. The fourth-order valence-electron chi connectivity index (χ4n) is 2.56. The van der Waals surface area contributed by atoms with Gasteiger partial charge in [0, 0.05) is 12.0 Å². The van der Waals surface area contributed by atoms with Gasteiger partial charge in [0.05, 0.1) is 19.2 Å². The van der Waals surface area contributed by atoms with Crippen LogP contribution in [0.4, 0.5) is 4.79 Å². The van der Waals surface area contributed by atoms with Gasteiger partial charge in [0.1, 0.15) is 11.4 Å². The normalized spacial score (nSPS) is 24.8. The smallest absolute Gasteiger partial charge is 0.407 e. The zero-order chi connectivity index (χ0) is 12.0. The molecule has 0 radical (unpaired) electrons. The summed E-state index contributed by atoms with van der Waals surface area (Å²) in [4.78, 5) is 12.0. The van der Waals surface area contributed by atoms with Crippen LogP contribution in [0, 0.1) is 0 Å². The van der Waals surface area contributed by atoms with E-state index >= 15 is 0 Å². The molecule has 1 aromatic rings. The molecule has 2 aliphatic heterocycles. The van der Waals surface area contributed by atoms with Gasteiger partial charge in [-0.15, -0.1) is 0 Å². The van der Waals surface area contributed by atoms with E-state index in [9.17, 15) is 9.90 Å². The van der Waals surface area contributed by atoms with Crippen LogP contribution in [-0.4, -0.2) is 39.9 Å². The number of para-hydroxylation sites is 1. The van der Waals surface area contributed by atoms with Gasteiger partial charge in [0.25, 0.3) is 0 Å². The maximum atomic E-state index is 10.7. The third-order valence-corrected chi connectivity index (χ3v) is 3.40. The second-order valence-electron chi connectivity index (χ2n) is 4.68. The number of benzene rings is 1. The molecular weight excluding hydrogens is 222 g/mol. The highest BCUT2D eigenvalue weighted by molar-refractivity contribution is 5.66. The quantitative estimate of drug-likeness (QED) is 0.709. The molecule has 1 fully saturated rings. The molecule has 2 N–H and O–H groups in total. The summed E-state index contributed by atoms with van der Waals surface area (Å²) in [5.41, 5.74) is 0.249. The van der Waals surface area contributed by atoms with Gasteiger partial charge >= 0.3 is 6.09 Å². The lowest BCUT2D eigenvalue weighted by molar-refractivity contribution is -0.104. The summed E-state index contributed by atoms with van der Waals surface area (Å²) in [5, 5.41) is 18.9. The molecule has 3 rings (SSSR count). The van der Waals surface area contributed by atoms with Crippen LogP contribution in [0.25, 0.3) is 0 Å². The minimum Gasteiger partial charge on any atom is -0.483 e. The number of aliphatic hydroxyl groups is 1. The maximum absolute atomic E-state index is 10.7. The number of nitrogens with zero attached hydrogens (tertiary/aromatic N) is 1. The topological polar surface area (TPSA) is 70.0 Å². The molecule has 1 amide bonds. The number of likely N-dealkylation sites (tertiary alicyclic amines) is 1. The Labute approximate surface area is 98.2 Å². The van der Waals surface area contributed by atoms with Crippen molar-refractivity contribution in [1.29, 1.82) is 0 Å². The Morgan fingerprint density at radius 2 is 2.12 bits per heavy atom. The van der Waals surface area contributed by atoms with Crippen LogP contribution in [0.15, 0.2) is 24.3 Å². The summed E-state index contributed by atoms with van der Waals surface area (Å²) < 4.78 is 5.84. The number of amides is 1. The first-order valence-electron chi connectivity index (χ1n) is 5.54. The van der Waals surface area contributed by atoms with Gasteiger partial charge in [-0.25, -0.2) is 4.79 Å². The molecule has 0 bridgehead atoms. The van der Waals surface area contributed by atoms with E-state index in [1.54, 1.807) is 0 Å². The number of ether oxygens (including phenoxy) is 1. The molecule has 0 saturated carbocycles. The largest absolute Gasteiger partial charge is 0.483 e. The third kappa shape index (κ3) is 1.54. The molecule has 1 aromatic carbocycles. The van der Waals surface area contributed by atoms with Crippen molar-refractivity contribution in [3.63, 3.8) is 0 Å². The molecule has 2 heterocycles. The summed E-state index contributed by atoms with van der Waals surface area (Å²) in [6, 6.07) is 7.34. The average molecular weight is 235 g/mol. The Bertz CT molecular complexity index is 467. The second kappa shape index (κ2) is 3.37. The van der Waals surface area contributed by atoms with Gasteiger partial charge in [0.2, 0.25) is 0 Å². The van der Waals surface area contributed by atoms with Crippen molar-refractivity contribution in [3.05, 3.63) is 29.8 Å². The first-order chi connectivity index (χ1) is 8.10. The number of carboxylic acid groups (broad SMARTS) is 1. The van der Waals surface area contributed by atoms with Gasteiger partial charge < -0.3 is 19.8 Å². The van der Waals surface area contributed by atoms with Crippen LogP contribution in [0.2, 0.25) is 0 Å². The summed E-state index contributed by atoms with van der Waals surface area (Å²) in [6.45, 7) is 0.654. The molecule has 1 unspecified atom stereocenters. The van der Waals surface area contributed by atoms with Crippen molar-refractivity contribution >= 4 is 6.09 Å². The molecule has 1 saturated heterocycles. The zero-order valence-corrected chi connectivity index (χ0v) is 9.17. The summed E-state index contributed by atoms with van der Waals surface area (Å²) in [5.74, 6) is 0.663. The van der Waals surface area contributed by atoms with E-state index in [1.807, 2.05) is 24.3 Å². The number of aliphatic hydroxyl groups excluding tert-OH is 1. The number of hydrogen-bond donors (Lipinski definition) is 2. The Morgan fingerprint density at radius 1 is 1.41 bits per heavy atom. The molecule has 2 aliphatic rings. The predicted molar refractivity (Wildman–Crippen MR) is 59.0 cm³/mol. The first-order valence-corrected chi connectivity index (χ1v) is 5.54. The standard InChI is InChI=1S/C12H13NO4/c14-9-5-12(6-13(7-12)11(15)16)17-10-4-2-1-3-8(9)10/h1-4,9,14H,5-7H2,(H,15,16). The Morgan fingerprint density at radius 3 is 2.82 bits per heavy atom. The molecular formula is C12H13NO4. The van der Waals surface area contributed by atoms with E-state index < -0.39 is 17.8 Å². The molecule has 5 nitrogen and oxygen atoms in total. The fourth-order valence-corrected chi connectivity index (χ4v) is 2.56. The highest BCUT2D eigenvalue weighted by Gasteiger charge is 2.51. The number of hydrogen-bond acceptors (Lipinski definition) is 3. The van der Waals surface area contributed by atoms with Crippen LogP contribution in [0.3, 0.4) is 0 Å². The molecule has 1 spiro atoms. The van der Waals surface area contributed by atoms with Gasteiger partial charge in [-0.05, 0) is 6.07 Å². The third-order valence-electron chi connectivity index (χ3n) is 3.40. The van der Waals surface area contributed by atoms with Crippen molar-refractivity contribution < 1.29 is 19.7 Å². The Balaban J connectivity index is 1.83. The van der Waals surface area contributed by atoms with E-state index in [4.69, 9.17) is 9.84 Å². The van der Waals surface area contributed by atoms with E-state index in [1.165, 1.54) is 4.90 Å². The van der Waals surface area contributed by atoms with Crippen molar-refractivity contribution in [2.75, 3.05) is 13.1 Å². The maximum Gasteiger partial charge on any atom is 0.407 e. The molecule has 0 aliphatic carbocycles. The lowest BCUT2D eigenvalue weighted by Crippen LogP contribution is -2.67. The van der Waals surface area contributed by atoms with E-state index in [0.29, 0.717) is 25.3 Å². The van der Waals surface area contributed by atoms with Crippen molar-refractivity contribution in [1.82, 2.24) is 4.90 Å². The van der Waals surface area contributed by atoms with Gasteiger partial charge in [-0.3, -0.25) is 0 Å². The van der Waals surface area contributed by atoms with Crippen molar-refractivity contribution in [3.8, 4) is 5.75 Å². The lowest BCUT2D eigenvalue weighted by Gasteiger charge is -2.51. The summed E-state index contributed by atoms with van der Waals surface area (Å²) in [7, 11) is 0. The SMILES string of the molecule is O=C(O)N1CC2(CC(O)c3ccccc3O2)C1. The first kappa shape index (κ1) is 10.4. The Hall–Kier alpha value is -1.75. The highest BCUT2D eigenvalue weighted by atomic mass is 16.5. The summed E-state index contributed by atoms with van der Waals surface area (Å²) in [6.07, 6.45) is -1.06. The molecule has 5 heteroatoms. The van der Waals surface area contributed by atoms with Crippen LogP contribution in [0.1, 0.15) is 18.1 Å². The zero-order valence-electron chi connectivity index (χ0n) is 9.17. The molecule has 0 aromatic heterocycles. The van der Waals surface area contributed by atoms with E-state index in [0.717, 1.165) is 5.56 Å². The second-order valence-corrected chi connectivity index (χ2v) is 4.68. The van der Waals surface area contributed by atoms with Crippen LogP contribution < -0.4 is 4.74 Å². The number of carbonyl (C=O) groups is 1. The fraction of sp³-hybridized carbons (Fsp3) is 0.417. The van der Waals surface area contributed by atoms with E-state index in [-0.39, 0.29) is 0 Å². The van der Waals surface area contributed by atoms with E-state index in [2.05, 4.69) is 0 Å². The number of fused-ring (bicyclic) bond motifs is 1. The average Bonchev–Trinajstić information content (AvgIpc) is 2.25. The summed E-state index contributed by atoms with van der Waals surface area (Å²) >= 11 is 0. The minimum absolute atomic E-state index is 0.327. The Kier molecular flexibility index (Phi) is 2.06. The van der Waals surface area contributed by atoms with Gasteiger partial charge in [-0.2, -0.15) is 0 Å². The van der Waals surface area contributed by atoms with Crippen LogP contribution in [0.5, 0.6) is 5.75 Å². The lowest BCUT2D eigenvalue weighted by atomic mass is 9.83. The van der Waals surface area contributed by atoms with Crippen LogP contribution >= 0.6 is 0 Å². The van der Waals surface area contributed by atoms with Gasteiger partial charge in [0.15, 0.2) is 0 Å². The van der Waals surface area contributed by atoms with Crippen LogP contribution in [-0.2, 0) is 0 Å². The molecule has 17 heavy (non-hydrogen) atoms. The predicted octanol–water partition coefficient (Wildman–Crippen LogP) is 1.23. The van der Waals surface area contributed by atoms with Crippen molar-refractivity contribution in [2.24, 2.45) is 0 Å². The van der Waals surface area contributed by atoms with Crippen molar-refractivity contribution in [2.45, 2.75) is 18.1 Å². The number of rotatable bonds is 0. The molecule has 1 atom stereocenters. The molecule has 90 valence electrons. The monoisotopic (exact) mass is 235 g/mol.